The van der Waals surface area contributed by atoms with Gasteiger partial charge in [0.1, 0.15) is 11.8 Å². The lowest BCUT2D eigenvalue weighted by Crippen LogP contribution is -2.36. The Bertz CT molecular complexity index is 934. The molecule has 3 aromatic rings. The van der Waals surface area contributed by atoms with Crippen molar-refractivity contribution in [3.05, 3.63) is 51.8 Å². The van der Waals surface area contributed by atoms with E-state index in [0.29, 0.717) is 30.8 Å². The van der Waals surface area contributed by atoms with Gasteiger partial charge in [0.05, 0.1) is 21.5 Å². The maximum Gasteiger partial charge on any atom is 0.270 e. The summed E-state index contributed by atoms with van der Waals surface area (Å²) in [5.74, 6) is -0.00173. The van der Waals surface area contributed by atoms with Crippen LogP contribution in [0.2, 0.25) is 0 Å². The number of amides is 1. The van der Waals surface area contributed by atoms with Gasteiger partial charge in [0.2, 0.25) is 0 Å². The quantitative estimate of drug-likeness (QED) is 0.748. The monoisotopic (exact) mass is 322 g/mol. The standard InChI is InChI=1S/C17H14N4OS/c1-10-13(7-18)12-2-4-21(9-11(12)8-19-10)17(22)15-6-16-14(20-15)3-5-23-16/h3,5-6,8,20H,2,4,9H2,1H3. The Labute approximate surface area is 137 Å². The molecule has 6 heteroatoms. The van der Waals surface area contributed by atoms with Crippen LogP contribution in [0.3, 0.4) is 0 Å². The van der Waals surface area contributed by atoms with E-state index in [2.05, 4.69) is 16.0 Å². The number of aromatic nitrogens is 2. The Morgan fingerprint density at radius 3 is 3.17 bits per heavy atom. The number of rotatable bonds is 1. The number of hydrogen-bond donors (Lipinski definition) is 1. The molecule has 0 bridgehead atoms. The van der Waals surface area contributed by atoms with Crippen molar-refractivity contribution in [1.29, 1.82) is 5.26 Å². The molecule has 1 amide bonds. The van der Waals surface area contributed by atoms with E-state index in [0.717, 1.165) is 27.0 Å². The summed E-state index contributed by atoms with van der Waals surface area (Å²) in [6, 6.07) is 6.13. The second-order valence-corrected chi connectivity index (χ2v) is 6.64. The van der Waals surface area contributed by atoms with Gasteiger partial charge in [0, 0.05) is 19.3 Å². The second-order valence-electron chi connectivity index (χ2n) is 5.69. The Kier molecular flexibility index (Phi) is 3.17. The molecule has 114 valence electrons. The number of aryl methyl sites for hydroxylation is 1. The fourth-order valence-corrected chi connectivity index (χ4v) is 3.89. The van der Waals surface area contributed by atoms with E-state index >= 15 is 0 Å². The van der Waals surface area contributed by atoms with Crippen LogP contribution in [0.5, 0.6) is 0 Å². The summed E-state index contributed by atoms with van der Waals surface area (Å²) in [5, 5.41) is 11.3. The summed E-state index contributed by atoms with van der Waals surface area (Å²) < 4.78 is 1.09. The maximum absolute atomic E-state index is 12.7. The molecule has 1 N–H and O–H groups in total. The van der Waals surface area contributed by atoms with E-state index in [1.807, 2.05) is 29.3 Å². The van der Waals surface area contributed by atoms with Gasteiger partial charge >= 0.3 is 0 Å². The van der Waals surface area contributed by atoms with Crippen LogP contribution in [0.25, 0.3) is 10.2 Å². The average Bonchev–Trinajstić information content (AvgIpc) is 3.15. The van der Waals surface area contributed by atoms with Crippen molar-refractivity contribution in [3.8, 4) is 6.07 Å². The van der Waals surface area contributed by atoms with Gasteiger partial charge < -0.3 is 9.88 Å². The van der Waals surface area contributed by atoms with Crippen molar-refractivity contribution in [2.45, 2.75) is 19.9 Å². The molecular weight excluding hydrogens is 308 g/mol. The molecule has 0 spiro atoms. The SMILES string of the molecule is Cc1ncc2c(c1C#N)CCN(C(=O)c1cc3sccc3[nH]1)C2. The molecule has 4 heterocycles. The van der Waals surface area contributed by atoms with Crippen molar-refractivity contribution < 1.29 is 4.79 Å². The van der Waals surface area contributed by atoms with Crippen molar-refractivity contribution in [3.63, 3.8) is 0 Å². The van der Waals surface area contributed by atoms with Crippen LogP contribution in [-0.4, -0.2) is 27.3 Å². The number of H-pyrrole nitrogens is 1. The summed E-state index contributed by atoms with van der Waals surface area (Å²) in [5.41, 5.74) is 5.05. The zero-order valence-electron chi connectivity index (χ0n) is 12.6. The lowest BCUT2D eigenvalue weighted by Gasteiger charge is -2.29. The van der Waals surface area contributed by atoms with Crippen LogP contribution in [0, 0.1) is 18.3 Å². The topological polar surface area (TPSA) is 72.8 Å². The molecule has 0 aliphatic carbocycles. The zero-order chi connectivity index (χ0) is 16.0. The molecule has 0 atom stereocenters. The third-order valence-corrected chi connectivity index (χ3v) is 5.19. The largest absolute Gasteiger partial charge is 0.350 e. The zero-order valence-corrected chi connectivity index (χ0v) is 13.4. The number of thiophene rings is 1. The average molecular weight is 322 g/mol. The van der Waals surface area contributed by atoms with Gasteiger partial charge in [-0.05, 0) is 42.0 Å². The molecule has 0 fully saturated rings. The third-order valence-electron chi connectivity index (χ3n) is 4.33. The first-order valence-corrected chi connectivity index (χ1v) is 8.28. The molecule has 1 aliphatic rings. The van der Waals surface area contributed by atoms with Gasteiger partial charge in [-0.2, -0.15) is 5.26 Å². The highest BCUT2D eigenvalue weighted by Gasteiger charge is 2.25. The fourth-order valence-electron chi connectivity index (χ4n) is 3.10. The predicted molar refractivity (Wildman–Crippen MR) is 88.3 cm³/mol. The maximum atomic E-state index is 12.7. The molecule has 0 saturated carbocycles. The Hall–Kier alpha value is -2.65. The number of carbonyl (C=O) groups is 1. The lowest BCUT2D eigenvalue weighted by molar-refractivity contribution is 0.0729. The smallest absolute Gasteiger partial charge is 0.270 e. The highest BCUT2D eigenvalue weighted by atomic mass is 32.1. The fraction of sp³-hybridized carbons (Fsp3) is 0.235. The molecule has 0 unspecified atom stereocenters. The first kappa shape index (κ1) is 14.0. The van der Waals surface area contributed by atoms with Crippen LogP contribution >= 0.6 is 11.3 Å². The summed E-state index contributed by atoms with van der Waals surface area (Å²) in [6.07, 6.45) is 2.49. The van der Waals surface area contributed by atoms with E-state index in [-0.39, 0.29) is 5.91 Å². The molecular formula is C17H14N4OS. The van der Waals surface area contributed by atoms with Gasteiger partial charge in [-0.15, -0.1) is 11.3 Å². The molecule has 5 nitrogen and oxygen atoms in total. The number of pyridine rings is 1. The number of carbonyl (C=O) groups excluding carboxylic acids is 1. The highest BCUT2D eigenvalue weighted by Crippen LogP contribution is 2.26. The summed E-state index contributed by atoms with van der Waals surface area (Å²) in [6.45, 7) is 2.97. The molecule has 4 rings (SSSR count). The number of aromatic amines is 1. The normalized spacial score (nSPS) is 13.8. The van der Waals surface area contributed by atoms with Gasteiger partial charge in [-0.1, -0.05) is 0 Å². The summed E-state index contributed by atoms with van der Waals surface area (Å²) in [4.78, 5) is 22.0. The number of nitriles is 1. The summed E-state index contributed by atoms with van der Waals surface area (Å²) in [7, 11) is 0. The van der Waals surface area contributed by atoms with E-state index in [1.165, 1.54) is 0 Å². The van der Waals surface area contributed by atoms with E-state index in [1.54, 1.807) is 17.5 Å². The van der Waals surface area contributed by atoms with Crippen LogP contribution in [0.1, 0.15) is 32.9 Å². The number of hydrogen-bond acceptors (Lipinski definition) is 4. The van der Waals surface area contributed by atoms with Crippen molar-refractivity contribution in [1.82, 2.24) is 14.9 Å². The summed E-state index contributed by atoms with van der Waals surface area (Å²) >= 11 is 1.62. The molecule has 23 heavy (non-hydrogen) atoms. The number of fused-ring (bicyclic) bond motifs is 2. The predicted octanol–water partition coefficient (Wildman–Crippen LogP) is 3.00. The van der Waals surface area contributed by atoms with Crippen molar-refractivity contribution >= 4 is 27.5 Å². The van der Waals surface area contributed by atoms with Gasteiger partial charge in [-0.25, -0.2) is 0 Å². The molecule has 0 aromatic carbocycles. The number of nitrogens with one attached hydrogen (secondary N) is 1. The van der Waals surface area contributed by atoms with Gasteiger partial charge in [0.15, 0.2) is 0 Å². The van der Waals surface area contributed by atoms with Gasteiger partial charge in [0.25, 0.3) is 5.91 Å². The first-order chi connectivity index (χ1) is 11.2. The van der Waals surface area contributed by atoms with Crippen LogP contribution in [0.15, 0.2) is 23.7 Å². The minimum absolute atomic E-state index is 0.00173. The molecule has 3 aromatic heterocycles. The Balaban J connectivity index is 1.64. The number of nitrogens with zero attached hydrogens (tertiary/aromatic N) is 3. The highest BCUT2D eigenvalue weighted by molar-refractivity contribution is 7.17. The molecule has 1 aliphatic heterocycles. The second kappa shape index (κ2) is 5.21. The van der Waals surface area contributed by atoms with E-state index < -0.39 is 0 Å². The Morgan fingerprint density at radius 2 is 2.39 bits per heavy atom. The van der Waals surface area contributed by atoms with E-state index in [9.17, 15) is 10.1 Å². The van der Waals surface area contributed by atoms with Crippen molar-refractivity contribution in [2.24, 2.45) is 0 Å². The van der Waals surface area contributed by atoms with Crippen LogP contribution in [0.4, 0.5) is 0 Å². The minimum Gasteiger partial charge on any atom is -0.350 e. The lowest BCUT2D eigenvalue weighted by atomic mass is 9.95. The van der Waals surface area contributed by atoms with Crippen LogP contribution in [-0.2, 0) is 13.0 Å². The molecule has 0 saturated heterocycles. The van der Waals surface area contributed by atoms with Crippen molar-refractivity contribution in [2.75, 3.05) is 6.54 Å². The minimum atomic E-state index is -0.00173. The van der Waals surface area contributed by atoms with Crippen LogP contribution < -0.4 is 0 Å². The van der Waals surface area contributed by atoms with E-state index in [4.69, 9.17) is 0 Å². The third kappa shape index (κ3) is 2.21. The molecule has 0 radical (unpaired) electrons. The Morgan fingerprint density at radius 1 is 1.52 bits per heavy atom. The van der Waals surface area contributed by atoms with Gasteiger partial charge in [-0.3, -0.25) is 9.78 Å². The first-order valence-electron chi connectivity index (χ1n) is 7.40.